The predicted octanol–water partition coefficient (Wildman–Crippen LogP) is 2.87. The van der Waals surface area contributed by atoms with Crippen molar-refractivity contribution in [2.45, 2.75) is 39.8 Å². The van der Waals surface area contributed by atoms with Gasteiger partial charge in [-0.2, -0.15) is 0 Å². The summed E-state index contributed by atoms with van der Waals surface area (Å²) in [6.07, 6.45) is 4.19. The Kier molecular flexibility index (Phi) is 6.49. The van der Waals surface area contributed by atoms with Crippen LogP contribution in [0.1, 0.15) is 41.9 Å². The summed E-state index contributed by atoms with van der Waals surface area (Å²) >= 11 is 0. The van der Waals surface area contributed by atoms with Crippen LogP contribution in [0.5, 0.6) is 5.75 Å². The van der Waals surface area contributed by atoms with E-state index in [2.05, 4.69) is 15.6 Å². The Morgan fingerprint density at radius 3 is 2.79 bits per heavy atom. The summed E-state index contributed by atoms with van der Waals surface area (Å²) in [5.74, 6) is 0.263. The lowest BCUT2D eigenvalue weighted by atomic mass is 10.2. The fraction of sp³-hybridized carbons (Fsp3) is 0.318. The molecule has 2 aromatic heterocycles. The number of carbonyl (C=O) groups is 2. The minimum Gasteiger partial charge on any atom is -0.487 e. The Bertz CT molecular complexity index is 1010. The lowest BCUT2D eigenvalue weighted by Crippen LogP contribution is -2.34. The first-order valence-corrected chi connectivity index (χ1v) is 9.65. The highest BCUT2D eigenvalue weighted by Gasteiger charge is 2.09. The molecular formula is C22H26N4O3. The zero-order valence-corrected chi connectivity index (χ0v) is 16.9. The van der Waals surface area contributed by atoms with Crippen molar-refractivity contribution in [2.24, 2.45) is 0 Å². The molecule has 7 heteroatoms. The van der Waals surface area contributed by atoms with Crippen LogP contribution in [0.15, 0.2) is 48.8 Å². The third kappa shape index (κ3) is 5.81. The van der Waals surface area contributed by atoms with Gasteiger partial charge in [-0.3, -0.25) is 9.59 Å². The van der Waals surface area contributed by atoms with Gasteiger partial charge in [-0.25, -0.2) is 4.98 Å². The minimum atomic E-state index is -0.240. The molecule has 0 atom stereocenters. The Hall–Kier alpha value is -3.35. The van der Waals surface area contributed by atoms with Crippen LogP contribution >= 0.6 is 0 Å². The SMILES string of the molecule is Cc1ccc2nc(COc3cccc(C(=O)NCCC(=O)NC(C)C)c3)cn2c1. The first-order chi connectivity index (χ1) is 13.9. The molecule has 0 bridgehead atoms. The topological polar surface area (TPSA) is 84.7 Å². The smallest absolute Gasteiger partial charge is 0.251 e. The molecular weight excluding hydrogens is 368 g/mol. The van der Waals surface area contributed by atoms with E-state index in [-0.39, 0.29) is 30.8 Å². The molecule has 3 rings (SSSR count). The summed E-state index contributed by atoms with van der Waals surface area (Å²) in [6, 6.07) is 11.0. The Morgan fingerprint density at radius 2 is 2.00 bits per heavy atom. The fourth-order valence-electron chi connectivity index (χ4n) is 2.90. The molecule has 2 amide bonds. The summed E-state index contributed by atoms with van der Waals surface area (Å²) in [6.45, 7) is 6.41. The average molecular weight is 394 g/mol. The number of aryl methyl sites for hydroxylation is 1. The number of aromatic nitrogens is 2. The molecule has 0 spiro atoms. The van der Waals surface area contributed by atoms with Crippen LogP contribution in [0.2, 0.25) is 0 Å². The molecule has 0 saturated heterocycles. The van der Waals surface area contributed by atoms with Crippen LogP contribution in [0.25, 0.3) is 5.65 Å². The third-order valence-corrected chi connectivity index (χ3v) is 4.22. The molecule has 0 aliphatic rings. The minimum absolute atomic E-state index is 0.0833. The van der Waals surface area contributed by atoms with Crippen LogP contribution in [-0.4, -0.2) is 33.8 Å². The van der Waals surface area contributed by atoms with E-state index in [1.54, 1.807) is 24.3 Å². The van der Waals surface area contributed by atoms with Crippen LogP contribution < -0.4 is 15.4 Å². The van der Waals surface area contributed by atoms with Gasteiger partial charge in [0.25, 0.3) is 5.91 Å². The number of rotatable bonds is 8. The van der Waals surface area contributed by atoms with E-state index in [1.165, 1.54) is 0 Å². The number of imidazole rings is 1. The number of ether oxygens (including phenoxy) is 1. The number of nitrogens with zero attached hydrogens (tertiary/aromatic N) is 2. The summed E-state index contributed by atoms with van der Waals surface area (Å²) in [7, 11) is 0. The molecule has 0 fully saturated rings. The third-order valence-electron chi connectivity index (χ3n) is 4.22. The van der Waals surface area contributed by atoms with Gasteiger partial charge in [0.2, 0.25) is 5.91 Å². The highest BCUT2D eigenvalue weighted by Crippen LogP contribution is 2.16. The second-order valence-electron chi connectivity index (χ2n) is 7.25. The summed E-state index contributed by atoms with van der Waals surface area (Å²) in [5, 5.41) is 5.55. The van der Waals surface area contributed by atoms with E-state index in [1.807, 2.05) is 49.7 Å². The van der Waals surface area contributed by atoms with Crippen LogP contribution in [0.3, 0.4) is 0 Å². The van der Waals surface area contributed by atoms with E-state index >= 15 is 0 Å². The lowest BCUT2D eigenvalue weighted by molar-refractivity contribution is -0.121. The number of pyridine rings is 1. The van der Waals surface area contributed by atoms with Gasteiger partial charge in [0.1, 0.15) is 18.0 Å². The van der Waals surface area contributed by atoms with Crippen molar-refractivity contribution in [1.82, 2.24) is 20.0 Å². The van der Waals surface area contributed by atoms with Crippen molar-refractivity contribution >= 4 is 17.5 Å². The molecule has 0 radical (unpaired) electrons. The predicted molar refractivity (Wildman–Crippen MR) is 111 cm³/mol. The van der Waals surface area contributed by atoms with E-state index in [9.17, 15) is 9.59 Å². The number of hydrogen-bond donors (Lipinski definition) is 2. The van der Waals surface area contributed by atoms with Crippen molar-refractivity contribution < 1.29 is 14.3 Å². The van der Waals surface area contributed by atoms with Gasteiger partial charge in [-0.15, -0.1) is 0 Å². The molecule has 0 aliphatic carbocycles. The number of fused-ring (bicyclic) bond motifs is 1. The number of carbonyl (C=O) groups excluding carboxylic acids is 2. The molecule has 0 unspecified atom stereocenters. The molecule has 1 aromatic carbocycles. The lowest BCUT2D eigenvalue weighted by Gasteiger charge is -2.10. The first kappa shape index (κ1) is 20.4. The van der Waals surface area contributed by atoms with E-state index in [4.69, 9.17) is 4.74 Å². The van der Waals surface area contributed by atoms with Gasteiger partial charge in [0.15, 0.2) is 0 Å². The van der Waals surface area contributed by atoms with E-state index in [0.717, 1.165) is 16.9 Å². The van der Waals surface area contributed by atoms with Gasteiger partial charge in [0, 0.05) is 37.0 Å². The van der Waals surface area contributed by atoms with Gasteiger partial charge >= 0.3 is 0 Å². The summed E-state index contributed by atoms with van der Waals surface area (Å²) < 4.78 is 7.77. The fourth-order valence-corrected chi connectivity index (χ4v) is 2.90. The van der Waals surface area contributed by atoms with Gasteiger partial charge < -0.3 is 19.8 Å². The summed E-state index contributed by atoms with van der Waals surface area (Å²) in [4.78, 5) is 28.5. The van der Waals surface area contributed by atoms with Gasteiger partial charge in [0.05, 0.1) is 5.69 Å². The number of amides is 2. The quantitative estimate of drug-likeness (QED) is 0.615. The normalized spacial score (nSPS) is 10.9. The van der Waals surface area contributed by atoms with Gasteiger partial charge in [-0.1, -0.05) is 12.1 Å². The molecule has 7 nitrogen and oxygen atoms in total. The van der Waals surface area contributed by atoms with Crippen LogP contribution in [0, 0.1) is 6.92 Å². The molecule has 0 saturated carbocycles. The molecule has 3 aromatic rings. The Balaban J connectivity index is 1.54. The highest BCUT2D eigenvalue weighted by atomic mass is 16.5. The molecule has 29 heavy (non-hydrogen) atoms. The molecule has 2 heterocycles. The maximum absolute atomic E-state index is 12.3. The van der Waals surface area contributed by atoms with Crippen molar-refractivity contribution in [3.63, 3.8) is 0 Å². The first-order valence-electron chi connectivity index (χ1n) is 9.65. The van der Waals surface area contributed by atoms with E-state index in [0.29, 0.717) is 17.9 Å². The Morgan fingerprint density at radius 1 is 1.17 bits per heavy atom. The van der Waals surface area contributed by atoms with Crippen molar-refractivity contribution in [1.29, 1.82) is 0 Å². The number of nitrogens with one attached hydrogen (secondary N) is 2. The summed E-state index contributed by atoms with van der Waals surface area (Å²) in [5.41, 5.74) is 3.31. The molecule has 0 aliphatic heterocycles. The standard InChI is InChI=1S/C22H26N4O3/c1-15(2)24-21(27)9-10-23-22(28)17-5-4-6-19(11-17)29-14-18-13-26-12-16(3)7-8-20(26)25-18/h4-8,11-13,15H,9-10,14H2,1-3H3,(H,23,28)(H,24,27). The molecule has 152 valence electrons. The second-order valence-corrected chi connectivity index (χ2v) is 7.25. The van der Waals surface area contributed by atoms with Crippen molar-refractivity contribution in [2.75, 3.05) is 6.54 Å². The monoisotopic (exact) mass is 394 g/mol. The van der Waals surface area contributed by atoms with Crippen molar-refractivity contribution in [3.05, 3.63) is 65.6 Å². The highest BCUT2D eigenvalue weighted by molar-refractivity contribution is 5.94. The zero-order valence-electron chi connectivity index (χ0n) is 16.9. The number of benzene rings is 1. The second kappa shape index (κ2) is 9.23. The van der Waals surface area contributed by atoms with Crippen LogP contribution in [-0.2, 0) is 11.4 Å². The van der Waals surface area contributed by atoms with Crippen molar-refractivity contribution in [3.8, 4) is 5.75 Å². The maximum Gasteiger partial charge on any atom is 0.251 e. The van der Waals surface area contributed by atoms with E-state index < -0.39 is 0 Å². The Labute approximate surface area is 170 Å². The largest absolute Gasteiger partial charge is 0.487 e. The number of hydrogen-bond acceptors (Lipinski definition) is 4. The maximum atomic E-state index is 12.3. The van der Waals surface area contributed by atoms with Gasteiger partial charge in [-0.05, 0) is 50.6 Å². The van der Waals surface area contributed by atoms with Crippen LogP contribution in [0.4, 0.5) is 0 Å². The molecule has 2 N–H and O–H groups in total. The zero-order chi connectivity index (χ0) is 20.8. The average Bonchev–Trinajstić information content (AvgIpc) is 3.08.